The summed E-state index contributed by atoms with van der Waals surface area (Å²) in [5.74, 6) is 0.811. The van der Waals surface area contributed by atoms with Gasteiger partial charge in [0, 0.05) is 11.3 Å². The first-order valence-corrected chi connectivity index (χ1v) is 5.48. The third-order valence-corrected chi connectivity index (χ3v) is 3.57. The molecule has 1 nitrogen and oxygen atoms in total. The first-order valence-electron chi connectivity index (χ1n) is 4.97. The third kappa shape index (κ3) is 1.79. The minimum atomic E-state index is 0.647. The fraction of sp³-hybridized carbons (Fsp3) is 0.800. The Morgan fingerprint density at radius 3 is 3.00 bits per heavy atom. The van der Waals surface area contributed by atoms with Crippen LogP contribution in [0.4, 0.5) is 0 Å². The average Bonchev–Trinajstić information content (AvgIpc) is 2.45. The van der Waals surface area contributed by atoms with E-state index in [1.54, 1.807) is 0 Å². The van der Waals surface area contributed by atoms with E-state index in [0.29, 0.717) is 5.25 Å². The van der Waals surface area contributed by atoms with Gasteiger partial charge in [-0.2, -0.15) is 12.6 Å². The second-order valence-electron chi connectivity index (χ2n) is 3.96. The van der Waals surface area contributed by atoms with Crippen molar-refractivity contribution in [1.29, 1.82) is 0 Å². The first-order chi connectivity index (χ1) is 5.86. The molecule has 1 saturated carbocycles. The second-order valence-corrected chi connectivity index (χ2v) is 4.69. The lowest BCUT2D eigenvalue weighted by molar-refractivity contribution is 0.377. The van der Waals surface area contributed by atoms with Crippen molar-refractivity contribution in [2.45, 2.75) is 43.4 Å². The highest BCUT2D eigenvalue weighted by Gasteiger charge is 2.24. The summed E-state index contributed by atoms with van der Waals surface area (Å²) in [7, 11) is 0. The Balaban J connectivity index is 1.93. The molecule has 1 aliphatic heterocycles. The largest absolute Gasteiger partial charge is 0.388 e. The number of thiol groups is 1. The standard InChI is InChI=1S/C10H17NS/c12-9-3-1-2-8-6-7-11-10(8)5-4-9/h6-12H,1-5H2. The lowest BCUT2D eigenvalue weighted by Gasteiger charge is -2.24. The molecule has 2 heteroatoms. The SMILES string of the molecule is SC1CCCC2C=CNC2CC1. The van der Waals surface area contributed by atoms with Crippen molar-refractivity contribution in [3.05, 3.63) is 12.3 Å². The lowest BCUT2D eigenvalue weighted by Crippen LogP contribution is -2.29. The second kappa shape index (κ2) is 3.73. The van der Waals surface area contributed by atoms with Gasteiger partial charge in [-0.25, -0.2) is 0 Å². The summed E-state index contributed by atoms with van der Waals surface area (Å²) in [6.45, 7) is 0. The Morgan fingerprint density at radius 1 is 1.17 bits per heavy atom. The summed E-state index contributed by atoms with van der Waals surface area (Å²) < 4.78 is 0. The van der Waals surface area contributed by atoms with Crippen molar-refractivity contribution in [3.63, 3.8) is 0 Å². The van der Waals surface area contributed by atoms with Gasteiger partial charge in [0.2, 0.25) is 0 Å². The molecule has 12 heavy (non-hydrogen) atoms. The van der Waals surface area contributed by atoms with Gasteiger partial charge in [-0.3, -0.25) is 0 Å². The molecule has 1 fully saturated rings. The maximum absolute atomic E-state index is 4.56. The molecule has 2 rings (SSSR count). The van der Waals surface area contributed by atoms with Crippen LogP contribution in [-0.2, 0) is 0 Å². The highest BCUT2D eigenvalue weighted by molar-refractivity contribution is 7.80. The molecular weight excluding hydrogens is 166 g/mol. The number of fused-ring (bicyclic) bond motifs is 1. The molecule has 68 valence electrons. The fourth-order valence-corrected chi connectivity index (χ4v) is 2.59. The van der Waals surface area contributed by atoms with E-state index in [1.165, 1.54) is 32.1 Å². The molecule has 0 aromatic rings. The topological polar surface area (TPSA) is 12.0 Å². The van der Waals surface area contributed by atoms with Crippen molar-refractivity contribution in [2.75, 3.05) is 0 Å². The highest BCUT2D eigenvalue weighted by Crippen LogP contribution is 2.28. The summed E-state index contributed by atoms with van der Waals surface area (Å²) in [6.07, 6.45) is 11.1. The van der Waals surface area contributed by atoms with Gasteiger partial charge in [0.1, 0.15) is 0 Å². The van der Waals surface area contributed by atoms with Gasteiger partial charge in [-0.05, 0) is 37.8 Å². The molecule has 2 aliphatic rings. The Morgan fingerprint density at radius 2 is 2.08 bits per heavy atom. The molecule has 0 aromatic heterocycles. The van der Waals surface area contributed by atoms with E-state index >= 15 is 0 Å². The van der Waals surface area contributed by atoms with Crippen molar-refractivity contribution in [3.8, 4) is 0 Å². The molecule has 1 heterocycles. The maximum atomic E-state index is 4.56. The zero-order valence-electron chi connectivity index (χ0n) is 7.37. The fourth-order valence-electron chi connectivity index (χ4n) is 2.26. The Labute approximate surface area is 80.0 Å². The molecule has 1 N–H and O–H groups in total. The van der Waals surface area contributed by atoms with Crippen LogP contribution in [-0.4, -0.2) is 11.3 Å². The van der Waals surface area contributed by atoms with Gasteiger partial charge in [-0.1, -0.05) is 12.5 Å². The van der Waals surface area contributed by atoms with Crippen molar-refractivity contribution < 1.29 is 0 Å². The highest BCUT2D eigenvalue weighted by atomic mass is 32.1. The van der Waals surface area contributed by atoms with Crippen LogP contribution in [0, 0.1) is 5.92 Å². The van der Waals surface area contributed by atoms with Crippen LogP contribution in [0.1, 0.15) is 32.1 Å². The molecule has 0 amide bonds. The average molecular weight is 183 g/mol. The van der Waals surface area contributed by atoms with Crippen LogP contribution in [0.2, 0.25) is 0 Å². The van der Waals surface area contributed by atoms with E-state index < -0.39 is 0 Å². The molecule has 3 atom stereocenters. The van der Waals surface area contributed by atoms with Crippen LogP contribution in [0.3, 0.4) is 0 Å². The van der Waals surface area contributed by atoms with Gasteiger partial charge in [-0.15, -0.1) is 0 Å². The lowest BCUT2D eigenvalue weighted by atomic mass is 9.88. The molecule has 3 unspecified atom stereocenters. The zero-order chi connectivity index (χ0) is 8.39. The van der Waals surface area contributed by atoms with E-state index in [4.69, 9.17) is 0 Å². The minimum Gasteiger partial charge on any atom is -0.388 e. The van der Waals surface area contributed by atoms with Crippen LogP contribution in [0.15, 0.2) is 12.3 Å². The molecule has 1 aliphatic carbocycles. The van der Waals surface area contributed by atoms with Crippen molar-refractivity contribution >= 4 is 12.6 Å². The molecule has 0 radical (unpaired) electrons. The number of hydrogen-bond donors (Lipinski definition) is 2. The van der Waals surface area contributed by atoms with E-state index in [2.05, 4.69) is 30.2 Å². The van der Waals surface area contributed by atoms with E-state index in [1.807, 2.05) is 0 Å². The van der Waals surface area contributed by atoms with Crippen LogP contribution in [0.25, 0.3) is 0 Å². The summed E-state index contributed by atoms with van der Waals surface area (Å²) >= 11 is 4.56. The third-order valence-electron chi connectivity index (χ3n) is 3.06. The number of hydrogen-bond acceptors (Lipinski definition) is 2. The summed E-state index contributed by atoms with van der Waals surface area (Å²) in [4.78, 5) is 0. The van der Waals surface area contributed by atoms with E-state index in [0.717, 1.165) is 12.0 Å². The zero-order valence-corrected chi connectivity index (χ0v) is 8.26. The molecule has 0 aromatic carbocycles. The smallest absolute Gasteiger partial charge is 0.0319 e. The Hall–Kier alpha value is -0.110. The quantitative estimate of drug-likeness (QED) is 0.549. The van der Waals surface area contributed by atoms with Gasteiger partial charge in [0.15, 0.2) is 0 Å². The van der Waals surface area contributed by atoms with Gasteiger partial charge >= 0.3 is 0 Å². The predicted molar refractivity (Wildman–Crippen MR) is 55.4 cm³/mol. The van der Waals surface area contributed by atoms with Crippen LogP contribution >= 0.6 is 12.6 Å². The van der Waals surface area contributed by atoms with E-state index in [-0.39, 0.29) is 0 Å². The molecule has 0 bridgehead atoms. The van der Waals surface area contributed by atoms with Crippen LogP contribution < -0.4 is 5.32 Å². The van der Waals surface area contributed by atoms with Crippen LogP contribution in [0.5, 0.6) is 0 Å². The van der Waals surface area contributed by atoms with E-state index in [9.17, 15) is 0 Å². The monoisotopic (exact) mass is 183 g/mol. The summed E-state index contributed by atoms with van der Waals surface area (Å²) in [6, 6.07) is 0.722. The summed E-state index contributed by atoms with van der Waals surface area (Å²) in [5, 5.41) is 4.08. The predicted octanol–water partition coefficient (Wildman–Crippen LogP) is 2.35. The van der Waals surface area contributed by atoms with Gasteiger partial charge in [0.05, 0.1) is 0 Å². The number of rotatable bonds is 0. The first kappa shape index (κ1) is 8.49. The Kier molecular flexibility index (Phi) is 2.64. The summed E-state index contributed by atoms with van der Waals surface area (Å²) in [5.41, 5.74) is 0. The molecular formula is C10H17NS. The molecule has 0 spiro atoms. The van der Waals surface area contributed by atoms with Crippen molar-refractivity contribution in [1.82, 2.24) is 5.32 Å². The van der Waals surface area contributed by atoms with Crippen molar-refractivity contribution in [2.24, 2.45) is 5.92 Å². The van der Waals surface area contributed by atoms with Gasteiger partial charge < -0.3 is 5.32 Å². The normalized spacial score (nSPS) is 41.2. The molecule has 0 saturated heterocycles. The number of nitrogens with one attached hydrogen (secondary N) is 1. The minimum absolute atomic E-state index is 0.647. The Bertz CT molecular complexity index is 179. The maximum Gasteiger partial charge on any atom is 0.0319 e. The van der Waals surface area contributed by atoms with Gasteiger partial charge in [0.25, 0.3) is 0 Å².